The molecule has 2 N–H and O–H groups in total. The molecule has 2 fully saturated rings. The molecule has 0 radical (unpaired) electrons. The maximum absolute atomic E-state index is 14.0. The molecule has 7 rings (SSSR count). The summed E-state index contributed by atoms with van der Waals surface area (Å²) in [5, 5.41) is 15.6. The van der Waals surface area contributed by atoms with Gasteiger partial charge in [-0.15, -0.1) is 0 Å². The maximum Gasteiger partial charge on any atom is 0.399 e. The van der Waals surface area contributed by atoms with E-state index in [1.807, 2.05) is 19.1 Å². The summed E-state index contributed by atoms with van der Waals surface area (Å²) in [5.74, 6) is -2.80. The lowest BCUT2D eigenvalue weighted by Gasteiger charge is -2.29. The number of halogens is 4. The molecule has 0 saturated heterocycles. The number of carbonyl (C=O) groups is 1. The fourth-order valence-electron chi connectivity index (χ4n) is 5.72. The number of amides is 1. The molecule has 0 spiro atoms. The molecular weight excluding hydrogens is 578 g/mol. The van der Waals surface area contributed by atoms with Crippen LogP contribution in [0.3, 0.4) is 0 Å². The molecule has 0 unspecified atom stereocenters. The first-order valence-corrected chi connectivity index (χ1v) is 14.6. The third kappa shape index (κ3) is 5.34. The van der Waals surface area contributed by atoms with Crippen molar-refractivity contribution in [2.75, 3.05) is 13.2 Å². The molecule has 1 amide bonds. The number of hydrogen-bond donors (Lipinski definition) is 2. The topological polar surface area (TPSA) is 93.6 Å². The Morgan fingerprint density at radius 1 is 1.05 bits per heavy atom. The lowest BCUT2D eigenvalue weighted by Crippen LogP contribution is -2.43. The molecule has 2 aromatic heterocycles. The molecule has 0 bridgehead atoms. The zero-order valence-corrected chi connectivity index (χ0v) is 23.7. The fourth-order valence-corrected chi connectivity index (χ4v) is 5.72. The summed E-state index contributed by atoms with van der Waals surface area (Å²) in [4.78, 5) is 22.7. The average molecular weight is 608 g/mol. The van der Waals surface area contributed by atoms with Gasteiger partial charge in [-0.3, -0.25) is 4.79 Å². The van der Waals surface area contributed by atoms with Gasteiger partial charge < -0.3 is 19.9 Å². The number of aliphatic hydroxyl groups is 1. The number of fused-ring (bicyclic) bond motifs is 2. The number of aromatic nitrogens is 2. The number of nitrogens with zero attached hydrogens (tertiary/aromatic N) is 2. The van der Waals surface area contributed by atoms with Gasteiger partial charge in [0.15, 0.2) is 0 Å². The second-order valence-corrected chi connectivity index (χ2v) is 11.9. The highest BCUT2D eigenvalue weighted by Crippen LogP contribution is 2.51. The van der Waals surface area contributed by atoms with E-state index >= 15 is 0 Å². The fraction of sp³-hybridized carbons (Fsp3) is 0.364. The zero-order chi connectivity index (χ0) is 30.8. The van der Waals surface area contributed by atoms with E-state index in [-0.39, 0.29) is 41.3 Å². The molecule has 7 nitrogen and oxygen atoms in total. The van der Waals surface area contributed by atoms with Gasteiger partial charge in [0.1, 0.15) is 46.7 Å². The minimum absolute atomic E-state index is 0.00549. The Morgan fingerprint density at radius 2 is 1.80 bits per heavy atom. The summed E-state index contributed by atoms with van der Waals surface area (Å²) in [6, 6.07) is 13.4. The molecule has 2 atom stereocenters. The van der Waals surface area contributed by atoms with Crippen LogP contribution in [0.4, 0.5) is 17.6 Å². The molecule has 3 heterocycles. The number of pyridine rings is 2. The average Bonchev–Trinajstić information content (AvgIpc) is 3.93. The van der Waals surface area contributed by atoms with Gasteiger partial charge in [-0.25, -0.2) is 14.4 Å². The van der Waals surface area contributed by atoms with Crippen LogP contribution in [-0.2, 0) is 5.60 Å². The number of aryl methyl sites for hydroxylation is 1. The Balaban J connectivity index is 1.24. The molecule has 2 aliphatic carbocycles. The minimum atomic E-state index is -4.60. The molecule has 228 valence electrons. The van der Waals surface area contributed by atoms with Crippen molar-refractivity contribution in [1.82, 2.24) is 15.3 Å². The lowest BCUT2D eigenvalue weighted by molar-refractivity contribution is -0.151. The van der Waals surface area contributed by atoms with E-state index in [1.165, 1.54) is 30.3 Å². The summed E-state index contributed by atoms with van der Waals surface area (Å²) in [6.07, 6.45) is -1.46. The highest BCUT2D eigenvalue weighted by atomic mass is 19.4. The van der Waals surface area contributed by atoms with Crippen LogP contribution < -0.4 is 14.8 Å². The largest absolute Gasteiger partial charge is 0.490 e. The van der Waals surface area contributed by atoms with Gasteiger partial charge >= 0.3 is 6.18 Å². The van der Waals surface area contributed by atoms with Gasteiger partial charge in [-0.2, -0.15) is 13.2 Å². The van der Waals surface area contributed by atoms with E-state index in [1.54, 1.807) is 12.1 Å². The van der Waals surface area contributed by atoms with E-state index in [4.69, 9.17) is 9.47 Å². The van der Waals surface area contributed by atoms with Crippen LogP contribution in [0.25, 0.3) is 22.2 Å². The summed E-state index contributed by atoms with van der Waals surface area (Å²) < 4.78 is 67.3. The second-order valence-electron chi connectivity index (χ2n) is 11.9. The smallest absolute Gasteiger partial charge is 0.399 e. The first-order valence-electron chi connectivity index (χ1n) is 14.6. The van der Waals surface area contributed by atoms with E-state index in [2.05, 4.69) is 15.3 Å². The van der Waals surface area contributed by atoms with E-state index in [9.17, 15) is 27.5 Å². The predicted octanol–water partition coefficient (Wildman–Crippen LogP) is 6.35. The highest BCUT2D eigenvalue weighted by Gasteiger charge is 2.51. The van der Waals surface area contributed by atoms with Crippen LogP contribution in [0.1, 0.15) is 58.9 Å². The van der Waals surface area contributed by atoms with Crippen molar-refractivity contribution in [1.29, 1.82) is 0 Å². The van der Waals surface area contributed by atoms with Crippen LogP contribution in [0, 0.1) is 18.7 Å². The third-order valence-corrected chi connectivity index (χ3v) is 8.48. The summed E-state index contributed by atoms with van der Waals surface area (Å²) in [7, 11) is 0. The number of nitrogens with one attached hydrogen (secondary N) is 1. The first kappa shape index (κ1) is 28.5. The lowest BCUT2D eigenvalue weighted by atomic mass is 9.88. The molecule has 44 heavy (non-hydrogen) atoms. The first-order chi connectivity index (χ1) is 21.0. The van der Waals surface area contributed by atoms with Gasteiger partial charge in [-0.1, -0.05) is 6.07 Å². The minimum Gasteiger partial charge on any atom is -0.490 e. The van der Waals surface area contributed by atoms with Crippen LogP contribution in [0.2, 0.25) is 0 Å². The number of rotatable bonds is 8. The van der Waals surface area contributed by atoms with Crippen molar-refractivity contribution < 1.29 is 36.9 Å². The van der Waals surface area contributed by atoms with E-state index in [0.29, 0.717) is 35.2 Å². The Morgan fingerprint density at radius 3 is 2.48 bits per heavy atom. The quantitative estimate of drug-likeness (QED) is 0.227. The Kier molecular flexibility index (Phi) is 6.76. The van der Waals surface area contributed by atoms with Crippen molar-refractivity contribution in [2.45, 2.75) is 56.4 Å². The number of hydrogen-bond acceptors (Lipinski definition) is 6. The zero-order valence-electron chi connectivity index (χ0n) is 23.7. The van der Waals surface area contributed by atoms with E-state index < -0.39 is 36.0 Å². The summed E-state index contributed by atoms with van der Waals surface area (Å²) >= 11 is 0. The van der Waals surface area contributed by atoms with Crippen molar-refractivity contribution in [3.8, 4) is 22.8 Å². The van der Waals surface area contributed by atoms with Crippen LogP contribution in [0.15, 0.2) is 54.6 Å². The molecule has 2 aromatic carbocycles. The van der Waals surface area contributed by atoms with Gasteiger partial charge in [0.05, 0.1) is 18.3 Å². The molecule has 11 heteroatoms. The standard InChI is InChI=1S/C33H29F4N3O4/c1-17-2-3-19-12-20(13-26(28(19)39-17)44-23-10-11-23)31(41)38-16-32(42,21-6-7-21)27-14-24-25(33(35,36)37)15-43-30(24)29(40-27)18-4-8-22(34)9-5-18/h2-5,8-9,12-14,21,23,25,42H,6-7,10-11,15-16H2,1H3,(H,38,41)/t25-,32-/m1/s1. The summed E-state index contributed by atoms with van der Waals surface area (Å²) in [6.45, 7) is 0.960. The van der Waals surface area contributed by atoms with Gasteiger partial charge in [0.2, 0.25) is 0 Å². The van der Waals surface area contributed by atoms with Crippen molar-refractivity contribution in [3.05, 3.63) is 82.9 Å². The van der Waals surface area contributed by atoms with Gasteiger partial charge in [0, 0.05) is 27.8 Å². The van der Waals surface area contributed by atoms with Crippen LogP contribution in [-0.4, -0.2) is 46.4 Å². The highest BCUT2D eigenvalue weighted by molar-refractivity contribution is 6.00. The Labute approximate surface area is 250 Å². The third-order valence-electron chi connectivity index (χ3n) is 8.48. The number of carbonyl (C=O) groups excluding carboxylic acids is 1. The van der Waals surface area contributed by atoms with Crippen molar-refractivity contribution in [3.63, 3.8) is 0 Å². The predicted molar refractivity (Wildman–Crippen MR) is 153 cm³/mol. The second kappa shape index (κ2) is 10.4. The number of benzene rings is 2. The van der Waals surface area contributed by atoms with Crippen LogP contribution >= 0.6 is 0 Å². The van der Waals surface area contributed by atoms with Gasteiger partial charge in [0.25, 0.3) is 5.91 Å². The molecule has 3 aliphatic rings. The maximum atomic E-state index is 14.0. The summed E-state index contributed by atoms with van der Waals surface area (Å²) in [5.41, 5.74) is 0.273. The number of alkyl halides is 3. The molecule has 1 aliphatic heterocycles. The monoisotopic (exact) mass is 607 g/mol. The van der Waals surface area contributed by atoms with Crippen molar-refractivity contribution in [2.24, 2.45) is 5.92 Å². The molecule has 4 aromatic rings. The number of ether oxygens (including phenoxy) is 2. The van der Waals surface area contributed by atoms with Crippen LogP contribution in [0.5, 0.6) is 11.5 Å². The van der Waals surface area contributed by atoms with E-state index in [0.717, 1.165) is 23.9 Å². The van der Waals surface area contributed by atoms with Gasteiger partial charge in [-0.05, 0) is 87.1 Å². The molecule has 2 saturated carbocycles. The molecular formula is C33H29F4N3O4. The SMILES string of the molecule is Cc1ccc2cc(C(=O)NC[C@](O)(c3cc4c(c(-c5ccc(F)cc5)n3)OC[C@H]4C(F)(F)F)C3CC3)cc(OC3CC3)c2n1. The Hall–Kier alpha value is -4.25. The normalized spacial score (nSPS) is 19.3. The van der Waals surface area contributed by atoms with Crippen molar-refractivity contribution >= 4 is 16.8 Å². The Bertz CT molecular complexity index is 1770.